The molecule has 410 valence electrons. The number of aromatic nitrogens is 4. The maximum atomic E-state index is 12.5. The second kappa shape index (κ2) is 31.1. The number of halogens is 1. The lowest BCUT2D eigenvalue weighted by molar-refractivity contribution is 0.0910. The van der Waals surface area contributed by atoms with E-state index < -0.39 is 0 Å². The minimum absolute atomic E-state index is 0.0530. The third-order valence-corrected chi connectivity index (χ3v) is 15.3. The van der Waals surface area contributed by atoms with Crippen LogP contribution in [0.2, 0.25) is 5.02 Å². The van der Waals surface area contributed by atoms with E-state index in [0.29, 0.717) is 81.3 Å². The van der Waals surface area contributed by atoms with Gasteiger partial charge in [-0.3, -0.25) is 29.3 Å². The van der Waals surface area contributed by atoms with E-state index in [1.54, 1.807) is 79.4 Å². The lowest BCUT2D eigenvalue weighted by Crippen LogP contribution is -2.38. The van der Waals surface area contributed by atoms with Crippen LogP contribution in [0, 0.1) is 29.1 Å². The van der Waals surface area contributed by atoms with Crippen molar-refractivity contribution in [2.45, 2.75) is 155 Å². The first kappa shape index (κ1) is 58.3. The van der Waals surface area contributed by atoms with Crippen LogP contribution in [0.4, 0.5) is 0 Å². The predicted molar refractivity (Wildman–Crippen MR) is 303 cm³/mol. The van der Waals surface area contributed by atoms with Crippen molar-refractivity contribution in [3.05, 3.63) is 172 Å². The molecule has 9 rings (SSSR count). The number of para-hydroxylation sites is 2. The van der Waals surface area contributed by atoms with Gasteiger partial charge in [0.15, 0.2) is 0 Å². The van der Waals surface area contributed by atoms with Gasteiger partial charge in [0.1, 0.15) is 37.4 Å². The van der Waals surface area contributed by atoms with Gasteiger partial charge >= 0.3 is 0 Å². The zero-order valence-corrected chi connectivity index (χ0v) is 46.1. The molecule has 0 aliphatic heterocycles. The van der Waals surface area contributed by atoms with E-state index in [1.165, 1.54) is 96.3 Å². The number of nitrogens with one attached hydrogen (secondary N) is 3. The van der Waals surface area contributed by atoms with Crippen LogP contribution in [0.5, 0.6) is 17.4 Å². The second-order valence-electron chi connectivity index (χ2n) is 20.7. The first-order chi connectivity index (χ1) is 38.0. The first-order valence-corrected chi connectivity index (χ1v) is 28.2. The summed E-state index contributed by atoms with van der Waals surface area (Å²) >= 11 is 6.07. The third-order valence-electron chi connectivity index (χ3n) is 15.0. The van der Waals surface area contributed by atoms with Crippen molar-refractivity contribution in [3.8, 4) is 23.4 Å². The molecule has 14 nitrogen and oxygen atoms in total. The highest BCUT2D eigenvalue weighted by Crippen LogP contribution is 2.29. The molecule has 3 amide bonds. The topological polar surface area (TPSA) is 190 Å². The number of carbonyl (C=O) groups excluding carboxylic acids is 3. The Labute approximate surface area is 465 Å². The van der Waals surface area contributed by atoms with Crippen LogP contribution in [-0.2, 0) is 19.8 Å². The van der Waals surface area contributed by atoms with Gasteiger partial charge in [0.05, 0.1) is 44.4 Å². The van der Waals surface area contributed by atoms with E-state index in [4.69, 9.17) is 31.1 Å². The van der Waals surface area contributed by atoms with Crippen LogP contribution in [0.1, 0.15) is 171 Å². The molecule has 4 heterocycles. The van der Waals surface area contributed by atoms with E-state index in [-0.39, 0.29) is 42.5 Å². The molecular formula is C63H75ClN8O6. The molecule has 0 spiro atoms. The summed E-state index contributed by atoms with van der Waals surface area (Å²) in [5.41, 5.74) is 4.44. The van der Waals surface area contributed by atoms with Crippen LogP contribution in [0.15, 0.2) is 128 Å². The van der Waals surface area contributed by atoms with Gasteiger partial charge in [-0.1, -0.05) is 99.7 Å². The number of benzene rings is 2. The smallest absolute Gasteiger partial charge is 0.253 e. The molecule has 3 aliphatic carbocycles. The van der Waals surface area contributed by atoms with Gasteiger partial charge in [-0.05, 0) is 144 Å². The molecule has 6 aromatic rings. The van der Waals surface area contributed by atoms with E-state index in [2.05, 4.69) is 62.7 Å². The Morgan fingerprint density at radius 2 is 0.885 bits per heavy atom. The first-order valence-electron chi connectivity index (χ1n) is 27.8. The molecule has 3 aliphatic rings. The monoisotopic (exact) mass is 1070 g/mol. The number of ether oxygens (including phenoxy) is 3. The van der Waals surface area contributed by atoms with Crippen molar-refractivity contribution >= 4 is 29.3 Å². The quantitative estimate of drug-likeness (QED) is 0.0742. The number of rotatable bonds is 18. The molecule has 15 heteroatoms. The Balaban J connectivity index is 0.000000170. The van der Waals surface area contributed by atoms with Gasteiger partial charge in [0, 0.05) is 49.0 Å². The fourth-order valence-corrected chi connectivity index (χ4v) is 10.4. The van der Waals surface area contributed by atoms with Gasteiger partial charge in [-0.25, -0.2) is 4.98 Å². The van der Waals surface area contributed by atoms with Crippen molar-refractivity contribution in [3.63, 3.8) is 0 Å². The molecule has 3 atom stereocenters. The van der Waals surface area contributed by atoms with Crippen LogP contribution in [0.3, 0.4) is 0 Å². The number of hydrogen-bond acceptors (Lipinski definition) is 11. The molecule has 78 heavy (non-hydrogen) atoms. The highest BCUT2D eigenvalue weighted by Gasteiger charge is 2.25. The molecule has 4 aromatic heterocycles. The number of nitrogens with zero attached hydrogens (tertiary/aromatic N) is 5. The molecule has 3 saturated carbocycles. The highest BCUT2D eigenvalue weighted by atomic mass is 35.5. The standard InChI is InChI=1S/C22H25N3O2.C21H25ClN2O2.C20H25N3O2/c1-16(17-7-3-2-4-8-17)25-22(26)19-11-12-20(24-14-19)15-27-21-10-6-5-9-18(21)13-23;1-15(16-7-3-2-4-8-16)24-21(25)17-11-12-18(23-13-17)14-26-20-10-6-5-9-19(20)22;1-15(16-7-3-2-4-8-16)23-20(24)17-10-11-18(22-13-17)14-25-19-9-5-6-12-21-19/h5-6,9-12,14,16-17H,2-4,7-8,15H2,1H3,(H,25,26);5-6,9-13,15-16H,2-4,7-8,14H2,1H3,(H,24,25);5-6,9-13,15-16H,2-4,7-8,14H2,1H3,(H,23,24)/t16-;2*15-/m111/s1. The number of pyridine rings is 4. The zero-order valence-electron chi connectivity index (χ0n) is 45.4. The second-order valence-corrected chi connectivity index (χ2v) is 21.1. The van der Waals surface area contributed by atoms with E-state index in [0.717, 1.165) is 11.4 Å². The predicted octanol–water partition coefficient (Wildman–Crippen LogP) is 13.0. The summed E-state index contributed by atoms with van der Waals surface area (Å²) in [6, 6.07) is 33.4. The highest BCUT2D eigenvalue weighted by molar-refractivity contribution is 6.32. The fraction of sp³-hybridized carbons (Fsp3) is 0.429. The lowest BCUT2D eigenvalue weighted by Gasteiger charge is -2.28. The van der Waals surface area contributed by atoms with E-state index >= 15 is 0 Å². The maximum absolute atomic E-state index is 12.5. The maximum Gasteiger partial charge on any atom is 0.253 e. The summed E-state index contributed by atoms with van der Waals surface area (Å²) < 4.78 is 16.9. The van der Waals surface area contributed by atoms with Gasteiger partial charge in [0.2, 0.25) is 5.88 Å². The SMILES string of the molecule is C[C@@H](NC(=O)c1ccc(COc2ccccc2C#N)nc1)C1CCCCC1.C[C@@H](NC(=O)c1ccc(COc2ccccc2Cl)nc1)C1CCCCC1.C[C@@H](NC(=O)c1ccc(COc2ccccn2)nc1)C1CCCCC1. The Morgan fingerprint density at radius 1 is 0.500 bits per heavy atom. The lowest BCUT2D eigenvalue weighted by atomic mass is 9.84. The number of carbonyl (C=O) groups is 3. The number of hydrogen-bond donors (Lipinski definition) is 3. The van der Waals surface area contributed by atoms with Crippen molar-refractivity contribution in [1.82, 2.24) is 35.9 Å². The summed E-state index contributed by atoms with van der Waals surface area (Å²) in [4.78, 5) is 54.4. The van der Waals surface area contributed by atoms with Crippen LogP contribution >= 0.6 is 11.6 Å². The fourth-order valence-electron chi connectivity index (χ4n) is 10.2. The molecule has 0 unspecified atom stereocenters. The summed E-state index contributed by atoms with van der Waals surface area (Å²) in [6.45, 7) is 7.19. The van der Waals surface area contributed by atoms with Crippen molar-refractivity contribution < 1.29 is 28.6 Å². The Hall–Kier alpha value is -7.37. The van der Waals surface area contributed by atoms with Gasteiger partial charge in [0.25, 0.3) is 17.7 Å². The largest absolute Gasteiger partial charge is 0.486 e. The van der Waals surface area contributed by atoms with E-state index in [9.17, 15) is 14.4 Å². The van der Waals surface area contributed by atoms with Crippen molar-refractivity contribution in [1.29, 1.82) is 5.26 Å². The number of nitriles is 1. The molecule has 0 bridgehead atoms. The van der Waals surface area contributed by atoms with Crippen molar-refractivity contribution in [2.75, 3.05) is 0 Å². The normalized spacial score (nSPS) is 15.9. The molecule has 0 saturated heterocycles. The summed E-state index contributed by atoms with van der Waals surface area (Å²) in [5, 5.41) is 19.0. The minimum Gasteiger partial charge on any atom is -0.486 e. The van der Waals surface area contributed by atoms with Gasteiger partial charge < -0.3 is 30.2 Å². The zero-order chi connectivity index (χ0) is 54.9. The van der Waals surface area contributed by atoms with Crippen LogP contribution in [-0.4, -0.2) is 55.8 Å². The minimum atomic E-state index is -0.0807. The van der Waals surface area contributed by atoms with Crippen molar-refractivity contribution in [2.24, 2.45) is 17.8 Å². The molecule has 3 fully saturated rings. The average molecular weight is 1080 g/mol. The molecular weight excluding hydrogens is 1000 g/mol. The third kappa shape index (κ3) is 18.7. The van der Waals surface area contributed by atoms with E-state index in [1.807, 2.05) is 48.5 Å². The summed E-state index contributed by atoms with van der Waals surface area (Å²) in [5.74, 6) is 3.28. The summed E-state index contributed by atoms with van der Waals surface area (Å²) in [7, 11) is 0. The average Bonchev–Trinajstić information content (AvgIpc) is 3.50. The Morgan fingerprint density at radius 3 is 1.27 bits per heavy atom. The van der Waals surface area contributed by atoms with Gasteiger partial charge in [-0.15, -0.1) is 0 Å². The van der Waals surface area contributed by atoms with Crippen LogP contribution in [0.25, 0.3) is 0 Å². The van der Waals surface area contributed by atoms with Gasteiger partial charge in [-0.2, -0.15) is 5.26 Å². The summed E-state index contributed by atoms with van der Waals surface area (Å²) in [6.07, 6.45) is 25.3. The molecule has 2 aromatic carbocycles. The Kier molecular flexibility index (Phi) is 23.3. The Bertz CT molecular complexity index is 2810. The number of amides is 3. The molecule has 3 N–H and O–H groups in total. The van der Waals surface area contributed by atoms with Crippen LogP contribution < -0.4 is 30.2 Å². The molecule has 0 radical (unpaired) electrons.